The molecule has 0 heterocycles. The summed E-state index contributed by atoms with van der Waals surface area (Å²) in [6.45, 7) is 7.75. The van der Waals surface area contributed by atoms with Gasteiger partial charge in [-0.2, -0.15) is 0 Å². The van der Waals surface area contributed by atoms with E-state index in [0.29, 0.717) is 5.92 Å². The van der Waals surface area contributed by atoms with Gasteiger partial charge in [0.05, 0.1) is 0 Å². The number of hydrogen-bond acceptors (Lipinski definition) is 2. The number of rotatable bonds is 6. The summed E-state index contributed by atoms with van der Waals surface area (Å²) in [7, 11) is 1.86. The molecule has 0 saturated heterocycles. The molecule has 0 fully saturated rings. The number of hydrogen-bond donors (Lipinski definition) is 2. The zero-order chi connectivity index (χ0) is 10.3. The van der Waals surface area contributed by atoms with Crippen LogP contribution in [0.4, 0.5) is 0 Å². The maximum Gasteiger partial charge on any atom is 0.224 e. The first-order valence-corrected chi connectivity index (χ1v) is 5.04. The Morgan fingerprint density at radius 2 is 1.92 bits per heavy atom. The lowest BCUT2D eigenvalue weighted by atomic mass is 10.1. The molecule has 2 atom stereocenters. The molecule has 2 unspecified atom stereocenters. The summed E-state index contributed by atoms with van der Waals surface area (Å²) in [5.41, 5.74) is 0. The van der Waals surface area contributed by atoms with Crippen molar-refractivity contribution in [2.45, 2.75) is 27.2 Å². The average molecular weight is 186 g/mol. The average Bonchev–Trinajstić information content (AvgIpc) is 2.13. The van der Waals surface area contributed by atoms with Crippen LogP contribution in [0.5, 0.6) is 0 Å². The van der Waals surface area contributed by atoms with E-state index >= 15 is 0 Å². The molecule has 0 aliphatic heterocycles. The monoisotopic (exact) mass is 186 g/mol. The first kappa shape index (κ1) is 12.4. The van der Waals surface area contributed by atoms with Crippen molar-refractivity contribution in [2.24, 2.45) is 11.8 Å². The Kier molecular flexibility index (Phi) is 6.59. The Labute approximate surface area is 81.3 Å². The molecule has 1 amide bonds. The molecule has 0 rings (SSSR count). The Morgan fingerprint density at radius 1 is 1.31 bits per heavy atom. The number of amides is 1. The maximum atomic E-state index is 11.4. The van der Waals surface area contributed by atoms with Crippen molar-refractivity contribution in [2.75, 3.05) is 20.1 Å². The van der Waals surface area contributed by atoms with Crippen molar-refractivity contribution in [1.82, 2.24) is 10.6 Å². The Balaban J connectivity index is 3.61. The first-order chi connectivity index (χ1) is 6.11. The normalized spacial score (nSPS) is 15.1. The summed E-state index contributed by atoms with van der Waals surface area (Å²) >= 11 is 0. The molecule has 0 bridgehead atoms. The first-order valence-electron chi connectivity index (χ1n) is 5.04. The van der Waals surface area contributed by atoms with Crippen LogP contribution in [-0.2, 0) is 4.79 Å². The SMILES string of the molecule is CCC(C)CNC(=O)C(C)CNC. The van der Waals surface area contributed by atoms with Crippen LogP contribution in [-0.4, -0.2) is 26.0 Å². The van der Waals surface area contributed by atoms with E-state index in [0.717, 1.165) is 19.5 Å². The Bertz CT molecular complexity index is 148. The maximum absolute atomic E-state index is 11.4. The van der Waals surface area contributed by atoms with Gasteiger partial charge in [-0.15, -0.1) is 0 Å². The lowest BCUT2D eigenvalue weighted by molar-refractivity contribution is -0.124. The molecule has 13 heavy (non-hydrogen) atoms. The van der Waals surface area contributed by atoms with Crippen molar-refractivity contribution >= 4 is 5.91 Å². The molecule has 0 saturated carbocycles. The van der Waals surface area contributed by atoms with E-state index in [2.05, 4.69) is 24.5 Å². The number of nitrogens with one attached hydrogen (secondary N) is 2. The van der Waals surface area contributed by atoms with Gasteiger partial charge >= 0.3 is 0 Å². The summed E-state index contributed by atoms with van der Waals surface area (Å²) in [5, 5.41) is 5.93. The molecule has 78 valence electrons. The zero-order valence-corrected chi connectivity index (χ0v) is 9.18. The highest BCUT2D eigenvalue weighted by Crippen LogP contribution is 1.99. The van der Waals surface area contributed by atoms with Gasteiger partial charge in [0.15, 0.2) is 0 Å². The molecule has 0 aromatic carbocycles. The fourth-order valence-corrected chi connectivity index (χ4v) is 0.992. The van der Waals surface area contributed by atoms with Gasteiger partial charge in [0.25, 0.3) is 0 Å². The molecular formula is C10H22N2O. The fourth-order valence-electron chi connectivity index (χ4n) is 0.992. The van der Waals surface area contributed by atoms with Gasteiger partial charge in [-0.3, -0.25) is 4.79 Å². The van der Waals surface area contributed by atoms with Crippen molar-refractivity contribution < 1.29 is 4.79 Å². The van der Waals surface area contributed by atoms with E-state index in [4.69, 9.17) is 0 Å². The highest BCUT2D eigenvalue weighted by atomic mass is 16.1. The van der Waals surface area contributed by atoms with Crippen molar-refractivity contribution in [3.8, 4) is 0 Å². The van der Waals surface area contributed by atoms with Gasteiger partial charge < -0.3 is 10.6 Å². The van der Waals surface area contributed by atoms with Crippen LogP contribution >= 0.6 is 0 Å². The topological polar surface area (TPSA) is 41.1 Å². The summed E-state index contributed by atoms with van der Waals surface area (Å²) in [5.74, 6) is 0.787. The van der Waals surface area contributed by atoms with Crippen LogP contribution in [0.2, 0.25) is 0 Å². The third kappa shape index (κ3) is 5.64. The van der Waals surface area contributed by atoms with Crippen molar-refractivity contribution in [1.29, 1.82) is 0 Å². The minimum absolute atomic E-state index is 0.0639. The smallest absolute Gasteiger partial charge is 0.224 e. The van der Waals surface area contributed by atoms with E-state index in [-0.39, 0.29) is 11.8 Å². The van der Waals surface area contributed by atoms with E-state index in [1.807, 2.05) is 14.0 Å². The molecule has 0 aromatic rings. The molecule has 0 radical (unpaired) electrons. The third-order valence-electron chi connectivity index (χ3n) is 2.28. The minimum atomic E-state index is 0.0639. The van der Waals surface area contributed by atoms with E-state index in [9.17, 15) is 4.79 Å². The van der Waals surface area contributed by atoms with E-state index in [1.54, 1.807) is 0 Å². The van der Waals surface area contributed by atoms with Crippen LogP contribution < -0.4 is 10.6 Å². The quantitative estimate of drug-likeness (QED) is 0.650. The predicted molar refractivity (Wildman–Crippen MR) is 55.6 cm³/mol. The number of carbonyl (C=O) groups excluding carboxylic acids is 1. The van der Waals surface area contributed by atoms with Crippen LogP contribution in [0.25, 0.3) is 0 Å². The fraction of sp³-hybridized carbons (Fsp3) is 0.900. The summed E-state index contributed by atoms with van der Waals surface area (Å²) in [6, 6.07) is 0. The number of carbonyl (C=O) groups is 1. The second kappa shape index (κ2) is 6.89. The summed E-state index contributed by atoms with van der Waals surface area (Å²) < 4.78 is 0. The van der Waals surface area contributed by atoms with Crippen LogP contribution in [0.1, 0.15) is 27.2 Å². The van der Waals surface area contributed by atoms with Gasteiger partial charge in [0, 0.05) is 19.0 Å². The van der Waals surface area contributed by atoms with Crippen molar-refractivity contribution in [3.05, 3.63) is 0 Å². The van der Waals surface area contributed by atoms with Gasteiger partial charge in [-0.25, -0.2) is 0 Å². The third-order valence-corrected chi connectivity index (χ3v) is 2.28. The highest BCUT2D eigenvalue weighted by Gasteiger charge is 2.11. The molecule has 2 N–H and O–H groups in total. The van der Waals surface area contributed by atoms with Crippen molar-refractivity contribution in [3.63, 3.8) is 0 Å². The molecule has 0 aliphatic rings. The van der Waals surface area contributed by atoms with Crippen LogP contribution in [0, 0.1) is 11.8 Å². The second-order valence-corrected chi connectivity index (χ2v) is 3.72. The lowest BCUT2D eigenvalue weighted by Gasteiger charge is -2.14. The highest BCUT2D eigenvalue weighted by molar-refractivity contribution is 5.78. The molecule has 0 aliphatic carbocycles. The largest absolute Gasteiger partial charge is 0.356 e. The second-order valence-electron chi connectivity index (χ2n) is 3.72. The van der Waals surface area contributed by atoms with E-state index < -0.39 is 0 Å². The predicted octanol–water partition coefficient (Wildman–Crippen LogP) is 1.00. The Morgan fingerprint density at radius 3 is 2.38 bits per heavy atom. The van der Waals surface area contributed by atoms with Gasteiger partial charge in [-0.05, 0) is 13.0 Å². The standard InChI is InChI=1S/C10H22N2O/c1-5-8(2)6-12-10(13)9(3)7-11-4/h8-9,11H,5-7H2,1-4H3,(H,12,13). The summed E-state index contributed by atoms with van der Waals surface area (Å²) in [4.78, 5) is 11.4. The van der Waals surface area contributed by atoms with E-state index in [1.165, 1.54) is 0 Å². The molecular weight excluding hydrogens is 164 g/mol. The van der Waals surface area contributed by atoms with Crippen LogP contribution in [0.3, 0.4) is 0 Å². The van der Waals surface area contributed by atoms with Gasteiger partial charge in [0.2, 0.25) is 5.91 Å². The molecule has 0 spiro atoms. The molecule has 0 aromatic heterocycles. The molecule has 3 heteroatoms. The Hall–Kier alpha value is -0.570. The lowest BCUT2D eigenvalue weighted by Crippen LogP contribution is -2.36. The zero-order valence-electron chi connectivity index (χ0n) is 9.18. The summed E-state index contributed by atoms with van der Waals surface area (Å²) in [6.07, 6.45) is 1.11. The van der Waals surface area contributed by atoms with Gasteiger partial charge in [-0.1, -0.05) is 27.2 Å². The van der Waals surface area contributed by atoms with Gasteiger partial charge in [0.1, 0.15) is 0 Å². The minimum Gasteiger partial charge on any atom is -0.356 e. The molecule has 3 nitrogen and oxygen atoms in total. The van der Waals surface area contributed by atoms with Crippen LogP contribution in [0.15, 0.2) is 0 Å².